The number of nitriles is 3. The summed E-state index contributed by atoms with van der Waals surface area (Å²) in [5.74, 6) is 0.521. The van der Waals surface area contributed by atoms with Crippen molar-refractivity contribution >= 4 is 75.9 Å². The second-order valence-electron chi connectivity index (χ2n) is 3.31. The van der Waals surface area contributed by atoms with Crippen LogP contribution in [-0.4, -0.2) is 45.2 Å². The van der Waals surface area contributed by atoms with Crippen molar-refractivity contribution in [2.75, 3.05) is 23.0 Å². The van der Waals surface area contributed by atoms with Crippen molar-refractivity contribution in [2.24, 2.45) is 0 Å². The predicted molar refractivity (Wildman–Crippen MR) is 126 cm³/mol. The molecule has 0 radical (unpaired) electrons. The smallest absolute Gasteiger partial charge is 0.813 e. The third-order valence-electron chi connectivity index (χ3n) is 1.18. The van der Waals surface area contributed by atoms with E-state index in [1.807, 2.05) is 12.1 Å². The number of thiol groups is 4. The van der Waals surface area contributed by atoms with Crippen LogP contribution in [-0.2, 0) is 35.7 Å². The van der Waals surface area contributed by atoms with E-state index >= 15 is 0 Å². The summed E-state index contributed by atoms with van der Waals surface area (Å²) in [4.78, 5) is 19.1. The monoisotopic (exact) mass is 519 g/mol. The Morgan fingerprint density at radius 2 is 1.24 bits per heavy atom. The molecule has 0 unspecified atom stereocenters. The Bertz CT molecular complexity index is 435. The van der Waals surface area contributed by atoms with Gasteiger partial charge in [-0.25, -0.2) is 0 Å². The van der Waals surface area contributed by atoms with E-state index in [4.69, 9.17) is 26.0 Å². The summed E-state index contributed by atoms with van der Waals surface area (Å²) >= 11 is 15.6. The second kappa shape index (κ2) is 63.0. The van der Waals surface area contributed by atoms with Gasteiger partial charge in [0.1, 0.15) is 0 Å². The SMILES string of the molecule is C=CC#N.N#CCCS.N#CCC[S-].O=C(O)CCS.O=C(O)CCS.[H+].[H+].[Na+].[Na+].[SH-]. The third kappa shape index (κ3) is 148. The van der Waals surface area contributed by atoms with E-state index in [0.29, 0.717) is 35.9 Å². The Hall–Kier alpha value is 0.900. The summed E-state index contributed by atoms with van der Waals surface area (Å²) in [6.07, 6.45) is 2.56. The van der Waals surface area contributed by atoms with Crippen molar-refractivity contribution in [1.29, 1.82) is 15.8 Å². The van der Waals surface area contributed by atoms with Crippen molar-refractivity contribution in [3.05, 3.63) is 12.7 Å². The number of aliphatic carboxylic acids is 2. The van der Waals surface area contributed by atoms with Gasteiger partial charge in [0.25, 0.3) is 0 Å². The van der Waals surface area contributed by atoms with Crippen LogP contribution in [0.5, 0.6) is 0 Å². The van der Waals surface area contributed by atoms with Crippen LogP contribution in [0.4, 0.5) is 0 Å². The third-order valence-corrected chi connectivity index (χ3v) is 2.06. The van der Waals surface area contributed by atoms with Gasteiger partial charge in [-0.15, -0.1) is 0 Å². The van der Waals surface area contributed by atoms with Gasteiger partial charge in [-0.2, -0.15) is 59.4 Å². The second-order valence-corrected chi connectivity index (χ2v) is 5.06. The van der Waals surface area contributed by atoms with Crippen molar-refractivity contribution in [1.82, 2.24) is 0 Å². The number of hydrogen-bond donors (Lipinski definition) is 5. The minimum Gasteiger partial charge on any atom is -0.813 e. The summed E-state index contributed by atoms with van der Waals surface area (Å²) in [5.41, 5.74) is 0. The van der Waals surface area contributed by atoms with Crippen LogP contribution in [0.2, 0.25) is 0 Å². The number of allylic oxidation sites excluding steroid dienone is 1. The van der Waals surface area contributed by atoms with Crippen molar-refractivity contribution < 1.29 is 81.8 Å². The fraction of sp³-hybridized carbons (Fsp3) is 0.533. The average Bonchev–Trinajstić information content (AvgIpc) is 2.58. The van der Waals surface area contributed by atoms with E-state index in [-0.39, 0.29) is 88.3 Å². The average molecular weight is 520 g/mol. The Balaban J connectivity index is -0.0000000215. The summed E-state index contributed by atoms with van der Waals surface area (Å²) in [6.45, 7) is 3.12. The number of hydrogen-bond acceptors (Lipinski definition) is 10. The van der Waals surface area contributed by atoms with Crippen LogP contribution in [0.25, 0.3) is 0 Å². The van der Waals surface area contributed by atoms with Crippen LogP contribution >= 0.6 is 37.9 Å². The number of carboxylic acids is 2. The van der Waals surface area contributed by atoms with Gasteiger partial charge in [-0.1, -0.05) is 6.58 Å². The maximum absolute atomic E-state index is 9.55. The number of nitrogens with zero attached hydrogens (tertiary/aromatic N) is 3. The maximum Gasteiger partial charge on any atom is 1.00 e. The van der Waals surface area contributed by atoms with Gasteiger partial charge in [0, 0.05) is 36.2 Å². The Kier molecular flexibility index (Phi) is 113. The fourth-order valence-electron chi connectivity index (χ4n) is 0.287. The van der Waals surface area contributed by atoms with Crippen LogP contribution in [0.3, 0.4) is 0 Å². The molecule has 0 rings (SSSR count). The molecule has 0 aromatic heterocycles. The summed E-state index contributed by atoms with van der Waals surface area (Å²) in [6, 6.07) is 5.55. The molecule has 0 atom stereocenters. The Labute approximate surface area is 250 Å². The van der Waals surface area contributed by atoms with Gasteiger partial charge in [0.05, 0.1) is 31.0 Å². The quantitative estimate of drug-likeness (QED) is 0.106. The molecule has 0 amide bonds. The van der Waals surface area contributed by atoms with Gasteiger partial charge >= 0.3 is 73.9 Å². The predicted octanol–water partition coefficient (Wildman–Crippen LogP) is -3.28. The molecule has 2 N–H and O–H groups in total. The Morgan fingerprint density at radius 3 is 1.24 bits per heavy atom. The molecule has 0 aliphatic heterocycles. The van der Waals surface area contributed by atoms with E-state index in [9.17, 15) is 9.59 Å². The van der Waals surface area contributed by atoms with Gasteiger partial charge < -0.3 is 36.3 Å². The molecule has 0 aromatic carbocycles. The van der Waals surface area contributed by atoms with E-state index in [0.717, 1.165) is 0 Å². The zero-order valence-corrected chi connectivity index (χ0v) is 25.1. The first-order valence-electron chi connectivity index (χ1n) is 6.87. The maximum atomic E-state index is 9.55. The van der Waals surface area contributed by atoms with Crippen LogP contribution in [0, 0.1) is 34.0 Å². The van der Waals surface area contributed by atoms with Crippen molar-refractivity contribution in [3.63, 3.8) is 0 Å². The molecule has 14 heteroatoms. The van der Waals surface area contributed by atoms with Crippen molar-refractivity contribution in [3.8, 4) is 18.2 Å². The van der Waals surface area contributed by atoms with Crippen LogP contribution in [0.15, 0.2) is 12.7 Å². The molecule has 0 fully saturated rings. The van der Waals surface area contributed by atoms with Gasteiger partial charge in [0.15, 0.2) is 0 Å². The van der Waals surface area contributed by atoms with E-state index in [1.54, 1.807) is 6.07 Å². The minimum absolute atomic E-state index is 0. The summed E-state index contributed by atoms with van der Waals surface area (Å²) < 4.78 is 0. The molecule has 29 heavy (non-hydrogen) atoms. The topological polar surface area (TPSA) is 146 Å². The molecule has 0 aliphatic rings. The zero-order chi connectivity index (χ0) is 21.6. The molecule has 0 heterocycles. The molecular weight excluding hydrogens is 492 g/mol. The van der Waals surface area contributed by atoms with Crippen LogP contribution in [0.1, 0.15) is 28.5 Å². The number of rotatable bonds is 6. The molecule has 0 bridgehead atoms. The standard InChI is InChI=1S/2C3H5NS.C3H3N.2C3H6O2S.2Na.H2S/c2*4-2-1-3-5;1-2-3-4;2*4-3(5)1-2-6;;;/h2*5H,1,3H2;2H,1H2;2*6H,1-2H2,(H,4,5);;;1H2/q;;;;;2*+1;. The number of carboxylic acid groups (broad SMARTS) is 2. The van der Waals surface area contributed by atoms with Gasteiger partial charge in [-0.05, 0) is 0 Å². The van der Waals surface area contributed by atoms with E-state index < -0.39 is 11.9 Å². The largest absolute Gasteiger partial charge is 1.00 e. The molecule has 0 saturated heterocycles. The molecule has 156 valence electrons. The summed E-state index contributed by atoms with van der Waals surface area (Å²) in [7, 11) is 0. The Morgan fingerprint density at radius 1 is 0.931 bits per heavy atom. The first-order chi connectivity index (χ1) is 12.3. The van der Waals surface area contributed by atoms with E-state index in [1.165, 1.54) is 6.08 Å². The van der Waals surface area contributed by atoms with Crippen molar-refractivity contribution in [2.45, 2.75) is 25.7 Å². The van der Waals surface area contributed by atoms with E-state index in [2.05, 4.69) is 57.1 Å². The summed E-state index contributed by atoms with van der Waals surface area (Å²) in [5, 5.41) is 38.8. The first-order valence-corrected chi connectivity index (χ1v) is 9.35. The molecule has 0 aromatic rings. The minimum atomic E-state index is -0.787. The molecule has 0 spiro atoms. The first kappa shape index (κ1) is 52.1. The zero-order valence-electron chi connectivity index (χ0n) is 18.7. The normalized spacial score (nSPS) is 6.10. The fourth-order valence-corrected chi connectivity index (χ4v) is 0.861. The molecule has 7 nitrogen and oxygen atoms in total. The van der Waals surface area contributed by atoms with Crippen LogP contribution < -0.4 is 59.1 Å². The molecule has 0 aliphatic carbocycles. The van der Waals surface area contributed by atoms with Gasteiger partial charge in [0.2, 0.25) is 0 Å². The molecule has 0 saturated carbocycles. The number of carbonyl (C=O) groups is 2. The molecular formula is C15H27N3Na2O4S5+2. The van der Waals surface area contributed by atoms with Gasteiger partial charge in [-0.3, -0.25) is 9.59 Å².